The quantitative estimate of drug-likeness (QED) is 0.285. The minimum Gasteiger partial charge on any atom is -0.490 e. The van der Waals surface area contributed by atoms with Gasteiger partial charge in [0.25, 0.3) is 5.91 Å². The SMILES string of the molecule is CCOc1cc(/C=C2/NC(=O)N(c3ccc(Cl)cc3)C2=O)cc(Cl)c1OCc1ccc(C(=O)O)cc1. The largest absolute Gasteiger partial charge is 0.490 e. The first-order valence-electron chi connectivity index (χ1n) is 10.8. The maximum absolute atomic E-state index is 12.9. The molecular weight excluding hydrogens is 507 g/mol. The molecule has 3 aromatic carbocycles. The van der Waals surface area contributed by atoms with Crippen molar-refractivity contribution in [2.75, 3.05) is 11.5 Å². The maximum Gasteiger partial charge on any atom is 0.335 e. The van der Waals surface area contributed by atoms with Gasteiger partial charge in [0.1, 0.15) is 12.3 Å². The summed E-state index contributed by atoms with van der Waals surface area (Å²) in [7, 11) is 0. The number of carboxylic acids is 1. The first-order chi connectivity index (χ1) is 17.3. The van der Waals surface area contributed by atoms with Crippen molar-refractivity contribution in [3.05, 3.63) is 93.1 Å². The summed E-state index contributed by atoms with van der Waals surface area (Å²) >= 11 is 12.4. The van der Waals surface area contributed by atoms with Crippen LogP contribution in [0.15, 0.2) is 66.4 Å². The van der Waals surface area contributed by atoms with Crippen molar-refractivity contribution in [3.63, 3.8) is 0 Å². The van der Waals surface area contributed by atoms with E-state index in [9.17, 15) is 14.4 Å². The molecule has 1 saturated heterocycles. The van der Waals surface area contributed by atoms with Gasteiger partial charge in [0.15, 0.2) is 11.5 Å². The molecule has 0 unspecified atom stereocenters. The fourth-order valence-corrected chi connectivity index (χ4v) is 3.90. The predicted molar refractivity (Wildman–Crippen MR) is 136 cm³/mol. The summed E-state index contributed by atoms with van der Waals surface area (Å²) in [4.78, 5) is 37.4. The predicted octanol–water partition coefficient (Wildman–Crippen LogP) is 5.77. The van der Waals surface area contributed by atoms with Gasteiger partial charge in [-0.05, 0) is 72.7 Å². The third kappa shape index (κ3) is 5.45. The molecule has 1 fully saturated rings. The molecule has 1 aliphatic rings. The van der Waals surface area contributed by atoms with Crippen molar-refractivity contribution in [1.82, 2.24) is 5.32 Å². The number of imide groups is 1. The van der Waals surface area contributed by atoms with Crippen molar-refractivity contribution < 1.29 is 29.0 Å². The second-order valence-electron chi connectivity index (χ2n) is 7.66. The molecule has 0 spiro atoms. The number of urea groups is 1. The van der Waals surface area contributed by atoms with Crippen molar-refractivity contribution in [2.24, 2.45) is 0 Å². The van der Waals surface area contributed by atoms with Crippen LogP contribution < -0.4 is 19.7 Å². The van der Waals surface area contributed by atoms with Gasteiger partial charge in [0, 0.05) is 5.02 Å². The fourth-order valence-electron chi connectivity index (χ4n) is 3.50. The Bertz CT molecular complexity index is 1350. The summed E-state index contributed by atoms with van der Waals surface area (Å²) < 4.78 is 11.6. The van der Waals surface area contributed by atoms with Crippen LogP contribution >= 0.6 is 23.2 Å². The van der Waals surface area contributed by atoms with Crippen LogP contribution in [0.2, 0.25) is 10.0 Å². The Labute approximate surface area is 216 Å². The molecule has 1 aliphatic heterocycles. The first-order valence-corrected chi connectivity index (χ1v) is 11.6. The molecule has 0 radical (unpaired) electrons. The summed E-state index contributed by atoms with van der Waals surface area (Å²) in [6, 6.07) is 15.3. The molecule has 3 aromatic rings. The van der Waals surface area contributed by atoms with E-state index in [4.69, 9.17) is 37.8 Å². The van der Waals surface area contributed by atoms with E-state index in [-0.39, 0.29) is 22.9 Å². The lowest BCUT2D eigenvalue weighted by Gasteiger charge is -2.15. The fraction of sp³-hybridized carbons (Fsp3) is 0.115. The molecule has 3 amide bonds. The van der Waals surface area contributed by atoms with Crippen LogP contribution in [0.1, 0.15) is 28.4 Å². The van der Waals surface area contributed by atoms with Crippen LogP contribution in [0.5, 0.6) is 11.5 Å². The van der Waals surface area contributed by atoms with Crippen molar-refractivity contribution in [2.45, 2.75) is 13.5 Å². The number of halogens is 2. The minimum atomic E-state index is -1.01. The van der Waals surface area contributed by atoms with E-state index in [1.807, 2.05) is 0 Å². The number of hydrogen-bond acceptors (Lipinski definition) is 5. The van der Waals surface area contributed by atoms with Crippen molar-refractivity contribution in [1.29, 1.82) is 0 Å². The average molecular weight is 527 g/mol. The first kappa shape index (κ1) is 25.1. The molecule has 0 atom stereocenters. The number of anilines is 1. The summed E-state index contributed by atoms with van der Waals surface area (Å²) in [5.74, 6) is -0.887. The molecular formula is C26H20Cl2N2O6. The van der Waals surface area contributed by atoms with E-state index in [1.165, 1.54) is 18.2 Å². The van der Waals surface area contributed by atoms with E-state index in [0.29, 0.717) is 34.4 Å². The Hall–Kier alpha value is -4.01. The van der Waals surface area contributed by atoms with Gasteiger partial charge < -0.3 is 19.9 Å². The van der Waals surface area contributed by atoms with Crippen LogP contribution in [0, 0.1) is 0 Å². The molecule has 8 nitrogen and oxygen atoms in total. The third-order valence-corrected chi connectivity index (χ3v) is 5.72. The number of nitrogens with zero attached hydrogens (tertiary/aromatic N) is 1. The second-order valence-corrected chi connectivity index (χ2v) is 8.50. The van der Waals surface area contributed by atoms with Crippen molar-refractivity contribution >= 4 is 52.9 Å². The Morgan fingerprint density at radius 1 is 1.03 bits per heavy atom. The number of rotatable bonds is 8. The molecule has 2 N–H and O–H groups in total. The normalized spacial score (nSPS) is 14.2. The average Bonchev–Trinajstić information content (AvgIpc) is 3.12. The number of carboxylic acid groups (broad SMARTS) is 1. The highest BCUT2D eigenvalue weighted by Crippen LogP contribution is 2.38. The Kier molecular flexibility index (Phi) is 7.47. The standard InChI is InChI=1S/C26H20Cl2N2O6/c1-2-35-22-13-16(11-20(28)23(22)36-14-15-3-5-17(6-4-15)25(32)33)12-21-24(31)30(26(34)29-21)19-9-7-18(27)8-10-19/h3-13H,2,14H2,1H3,(H,29,34)(H,32,33)/b21-12+. The summed E-state index contributed by atoms with van der Waals surface area (Å²) in [6.07, 6.45) is 1.50. The van der Waals surface area contributed by atoms with Gasteiger partial charge in [-0.1, -0.05) is 35.3 Å². The van der Waals surface area contributed by atoms with Crippen LogP contribution in [0.3, 0.4) is 0 Å². The molecule has 36 heavy (non-hydrogen) atoms. The molecule has 0 aromatic heterocycles. The minimum absolute atomic E-state index is 0.0700. The molecule has 1 heterocycles. The number of amides is 3. The summed E-state index contributed by atoms with van der Waals surface area (Å²) in [5, 5.41) is 12.3. The molecule has 0 bridgehead atoms. The number of hydrogen-bond donors (Lipinski definition) is 2. The molecule has 0 aliphatic carbocycles. The van der Waals surface area contributed by atoms with Crippen LogP contribution in [-0.4, -0.2) is 29.6 Å². The zero-order valence-corrected chi connectivity index (χ0v) is 20.5. The topological polar surface area (TPSA) is 105 Å². The molecule has 4 rings (SSSR count). The smallest absolute Gasteiger partial charge is 0.335 e. The van der Waals surface area contributed by atoms with Gasteiger partial charge in [-0.3, -0.25) is 4.79 Å². The number of benzene rings is 3. The molecule has 184 valence electrons. The number of ether oxygens (including phenoxy) is 2. The number of carbonyl (C=O) groups excluding carboxylic acids is 2. The lowest BCUT2D eigenvalue weighted by Crippen LogP contribution is -2.30. The van der Waals surface area contributed by atoms with Gasteiger partial charge >= 0.3 is 12.0 Å². The van der Waals surface area contributed by atoms with Gasteiger partial charge in [-0.25, -0.2) is 14.5 Å². The van der Waals surface area contributed by atoms with E-state index in [2.05, 4.69) is 5.32 Å². The van der Waals surface area contributed by atoms with E-state index >= 15 is 0 Å². The Morgan fingerprint density at radius 3 is 2.36 bits per heavy atom. The molecule has 10 heteroatoms. The highest BCUT2D eigenvalue weighted by atomic mass is 35.5. The highest BCUT2D eigenvalue weighted by molar-refractivity contribution is 6.33. The Morgan fingerprint density at radius 2 is 1.72 bits per heavy atom. The van der Waals surface area contributed by atoms with Gasteiger partial charge in [0.2, 0.25) is 0 Å². The summed E-state index contributed by atoms with van der Waals surface area (Å²) in [5.41, 5.74) is 1.89. The second kappa shape index (κ2) is 10.7. The molecule has 0 saturated carbocycles. The highest BCUT2D eigenvalue weighted by Gasteiger charge is 2.35. The van der Waals surface area contributed by atoms with Crippen molar-refractivity contribution in [3.8, 4) is 11.5 Å². The van der Waals surface area contributed by atoms with Gasteiger partial charge in [-0.2, -0.15) is 0 Å². The van der Waals surface area contributed by atoms with E-state index in [0.717, 1.165) is 10.5 Å². The zero-order chi connectivity index (χ0) is 25.8. The van der Waals surface area contributed by atoms with Crippen LogP contribution in [0.25, 0.3) is 6.08 Å². The number of nitrogens with one attached hydrogen (secondary N) is 1. The summed E-state index contributed by atoms with van der Waals surface area (Å²) in [6.45, 7) is 2.27. The van der Waals surface area contributed by atoms with Crippen LogP contribution in [0.4, 0.5) is 10.5 Å². The number of carbonyl (C=O) groups is 3. The maximum atomic E-state index is 12.9. The van der Waals surface area contributed by atoms with Crippen LogP contribution in [-0.2, 0) is 11.4 Å². The number of aromatic carboxylic acids is 1. The monoisotopic (exact) mass is 526 g/mol. The lowest BCUT2D eigenvalue weighted by atomic mass is 10.1. The lowest BCUT2D eigenvalue weighted by molar-refractivity contribution is -0.113. The van der Waals surface area contributed by atoms with Gasteiger partial charge in [-0.15, -0.1) is 0 Å². The van der Waals surface area contributed by atoms with Gasteiger partial charge in [0.05, 0.1) is 22.9 Å². The van der Waals surface area contributed by atoms with E-state index < -0.39 is 17.9 Å². The van der Waals surface area contributed by atoms with E-state index in [1.54, 1.807) is 55.5 Å². The zero-order valence-electron chi connectivity index (χ0n) is 19.0. The Balaban J connectivity index is 1.57. The third-order valence-electron chi connectivity index (χ3n) is 5.19.